The second-order valence-electron chi connectivity index (χ2n) is 2.18. The minimum Gasteiger partial charge on any atom is -0.466 e. The first kappa shape index (κ1) is 11.2. The Hall–Kier alpha value is 0.170. The maximum atomic E-state index is 10.8. The highest BCUT2D eigenvalue weighted by atomic mass is 32.2. The van der Waals surface area contributed by atoms with Gasteiger partial charge in [0, 0.05) is 11.0 Å². The van der Waals surface area contributed by atoms with Gasteiger partial charge in [0.15, 0.2) is 0 Å². The van der Waals surface area contributed by atoms with Crippen LogP contribution in [0.5, 0.6) is 0 Å². The molecular weight excluding hydrogens is 180 g/mol. The summed E-state index contributed by atoms with van der Waals surface area (Å²) in [5, 5.41) is 0. The van der Waals surface area contributed by atoms with Gasteiger partial charge in [-0.2, -0.15) is 25.3 Å². The van der Waals surface area contributed by atoms with Crippen LogP contribution in [-0.2, 0) is 9.53 Å². The number of carbonyl (C=O) groups is 1. The molecule has 2 nitrogen and oxygen atoms in total. The van der Waals surface area contributed by atoms with Crippen LogP contribution in [0.3, 0.4) is 0 Å². The number of carbonyl (C=O) groups excluding carboxylic acids is 1. The highest BCUT2D eigenvalue weighted by molar-refractivity contribution is 7.99. The molecule has 0 aliphatic rings. The van der Waals surface area contributed by atoms with Gasteiger partial charge in [-0.3, -0.25) is 4.79 Å². The lowest BCUT2D eigenvalue weighted by Crippen LogP contribution is -2.03. The number of rotatable bonds is 5. The smallest absolute Gasteiger partial charge is 0.305 e. The summed E-state index contributed by atoms with van der Waals surface area (Å²) in [4.78, 5) is 10.8. The minimum absolute atomic E-state index is 0.0735. The molecule has 0 atom stereocenters. The fraction of sp³-hybridized carbons (Fsp3) is 0.857. The summed E-state index contributed by atoms with van der Waals surface area (Å²) < 4.78 is 4.81. The van der Waals surface area contributed by atoms with Crippen molar-refractivity contribution in [1.82, 2.24) is 0 Å². The Morgan fingerprint density at radius 3 is 2.64 bits per heavy atom. The maximum absolute atomic E-state index is 10.8. The molecule has 0 saturated heterocycles. The van der Waals surface area contributed by atoms with E-state index in [2.05, 4.69) is 25.3 Å². The Labute approximate surface area is 78.5 Å². The van der Waals surface area contributed by atoms with Gasteiger partial charge in [0.05, 0.1) is 6.61 Å². The number of hydrogen-bond acceptors (Lipinski definition) is 4. The van der Waals surface area contributed by atoms with Crippen molar-refractivity contribution in [3.05, 3.63) is 0 Å². The minimum atomic E-state index is -0.130. The summed E-state index contributed by atoms with van der Waals surface area (Å²) in [7, 11) is 0. The highest BCUT2D eigenvalue weighted by Gasteiger charge is 2.02. The second-order valence-corrected chi connectivity index (χ2v) is 3.83. The molecule has 11 heavy (non-hydrogen) atoms. The van der Waals surface area contributed by atoms with Gasteiger partial charge in [-0.15, -0.1) is 0 Å². The van der Waals surface area contributed by atoms with Gasteiger partial charge in [0.25, 0.3) is 0 Å². The predicted octanol–water partition coefficient (Wildman–Crippen LogP) is 1.91. The lowest BCUT2D eigenvalue weighted by atomic mass is 10.2. The molecule has 0 fully saturated rings. The quantitative estimate of drug-likeness (QED) is 0.397. The first-order chi connectivity index (χ1) is 5.16. The van der Waals surface area contributed by atoms with Crippen molar-refractivity contribution < 1.29 is 9.53 Å². The molecule has 0 aromatic carbocycles. The zero-order valence-corrected chi connectivity index (χ0v) is 8.41. The van der Waals surface area contributed by atoms with E-state index >= 15 is 0 Å². The van der Waals surface area contributed by atoms with Crippen LogP contribution in [0.4, 0.5) is 0 Å². The fourth-order valence-corrected chi connectivity index (χ4v) is 1.03. The van der Waals surface area contributed by atoms with Crippen molar-refractivity contribution in [3.63, 3.8) is 0 Å². The van der Waals surface area contributed by atoms with Crippen LogP contribution >= 0.6 is 25.3 Å². The SMILES string of the molecule is CCOC(=O)CCCC(S)S. The van der Waals surface area contributed by atoms with Crippen LogP contribution in [0.15, 0.2) is 0 Å². The van der Waals surface area contributed by atoms with Crippen molar-refractivity contribution in [3.8, 4) is 0 Å². The van der Waals surface area contributed by atoms with Gasteiger partial charge in [-0.1, -0.05) is 0 Å². The van der Waals surface area contributed by atoms with Gasteiger partial charge in [-0.25, -0.2) is 0 Å². The average molecular weight is 194 g/mol. The third-order valence-corrected chi connectivity index (χ3v) is 1.66. The van der Waals surface area contributed by atoms with Crippen LogP contribution < -0.4 is 0 Å². The van der Waals surface area contributed by atoms with Crippen LogP contribution in [0.25, 0.3) is 0 Å². The number of ether oxygens (including phenoxy) is 1. The summed E-state index contributed by atoms with van der Waals surface area (Å²) in [5.41, 5.74) is 0. The lowest BCUT2D eigenvalue weighted by Gasteiger charge is -2.02. The van der Waals surface area contributed by atoms with Gasteiger partial charge in [0.1, 0.15) is 0 Å². The topological polar surface area (TPSA) is 26.3 Å². The summed E-state index contributed by atoms with van der Waals surface area (Å²) in [6.45, 7) is 2.27. The molecule has 0 spiro atoms. The molecular formula is C7H14O2S2. The molecule has 0 aromatic rings. The Morgan fingerprint density at radius 1 is 1.55 bits per heavy atom. The first-order valence-electron chi connectivity index (χ1n) is 3.68. The van der Waals surface area contributed by atoms with E-state index in [0.29, 0.717) is 13.0 Å². The Kier molecular flexibility index (Phi) is 6.96. The fourth-order valence-electron chi connectivity index (χ4n) is 0.662. The number of esters is 1. The molecule has 0 saturated carbocycles. The van der Waals surface area contributed by atoms with E-state index in [9.17, 15) is 4.79 Å². The van der Waals surface area contributed by atoms with E-state index in [4.69, 9.17) is 4.74 Å². The zero-order chi connectivity index (χ0) is 8.69. The molecule has 0 aromatic heterocycles. The van der Waals surface area contributed by atoms with E-state index in [1.54, 1.807) is 6.92 Å². The Balaban J connectivity index is 3.17. The molecule has 66 valence electrons. The molecule has 0 aliphatic carbocycles. The van der Waals surface area contributed by atoms with E-state index in [1.807, 2.05) is 0 Å². The third-order valence-electron chi connectivity index (χ3n) is 1.15. The van der Waals surface area contributed by atoms with Crippen LogP contribution in [0, 0.1) is 0 Å². The van der Waals surface area contributed by atoms with E-state index < -0.39 is 0 Å². The lowest BCUT2D eigenvalue weighted by molar-refractivity contribution is -0.143. The van der Waals surface area contributed by atoms with Gasteiger partial charge in [-0.05, 0) is 19.8 Å². The van der Waals surface area contributed by atoms with E-state index in [1.165, 1.54) is 0 Å². The number of thiol groups is 2. The van der Waals surface area contributed by atoms with Crippen LogP contribution in [0.2, 0.25) is 0 Å². The normalized spacial score (nSPS) is 10.2. The van der Waals surface area contributed by atoms with Crippen molar-refractivity contribution in [2.24, 2.45) is 0 Å². The summed E-state index contributed by atoms with van der Waals surface area (Å²) >= 11 is 8.13. The van der Waals surface area contributed by atoms with Gasteiger partial charge < -0.3 is 4.74 Å². The third kappa shape index (κ3) is 8.07. The number of hydrogen-bond donors (Lipinski definition) is 2. The zero-order valence-electron chi connectivity index (χ0n) is 6.62. The maximum Gasteiger partial charge on any atom is 0.305 e. The van der Waals surface area contributed by atoms with Crippen LogP contribution in [-0.4, -0.2) is 17.2 Å². The molecule has 0 unspecified atom stereocenters. The Bertz CT molecular complexity index is 115. The molecule has 4 heteroatoms. The monoisotopic (exact) mass is 194 g/mol. The van der Waals surface area contributed by atoms with Crippen LogP contribution in [0.1, 0.15) is 26.2 Å². The molecule has 0 bridgehead atoms. The summed E-state index contributed by atoms with van der Waals surface area (Å²) in [6, 6.07) is 0. The molecule has 0 rings (SSSR count). The van der Waals surface area contributed by atoms with E-state index in [-0.39, 0.29) is 10.6 Å². The van der Waals surface area contributed by atoms with Crippen molar-refractivity contribution >= 4 is 31.2 Å². The predicted molar refractivity (Wildman–Crippen MR) is 52.2 cm³/mol. The molecule has 0 aliphatic heterocycles. The van der Waals surface area contributed by atoms with Gasteiger partial charge >= 0.3 is 5.97 Å². The second kappa shape index (κ2) is 6.85. The molecule has 0 N–H and O–H groups in total. The van der Waals surface area contributed by atoms with Crippen molar-refractivity contribution in [2.45, 2.75) is 30.8 Å². The van der Waals surface area contributed by atoms with Crippen molar-refractivity contribution in [2.75, 3.05) is 6.61 Å². The summed E-state index contributed by atoms with van der Waals surface area (Å²) in [5.74, 6) is -0.130. The standard InChI is InChI=1S/C7H14O2S2/c1-2-9-6(8)4-3-5-7(10)11/h7,10-11H,2-5H2,1H3. The summed E-state index contributed by atoms with van der Waals surface area (Å²) in [6.07, 6.45) is 2.12. The molecule has 0 heterocycles. The van der Waals surface area contributed by atoms with Crippen molar-refractivity contribution in [1.29, 1.82) is 0 Å². The molecule has 0 radical (unpaired) electrons. The largest absolute Gasteiger partial charge is 0.466 e. The Morgan fingerprint density at radius 2 is 2.18 bits per heavy atom. The highest BCUT2D eigenvalue weighted by Crippen LogP contribution is 2.10. The van der Waals surface area contributed by atoms with E-state index in [0.717, 1.165) is 12.8 Å². The average Bonchev–Trinajstić information content (AvgIpc) is 1.87. The first-order valence-corrected chi connectivity index (χ1v) is 4.72. The molecule has 0 amide bonds. The van der Waals surface area contributed by atoms with Gasteiger partial charge in [0.2, 0.25) is 0 Å².